The molecule has 282 valence electrons. The second-order valence-electron chi connectivity index (χ2n) is 15.5. The van der Waals surface area contributed by atoms with Gasteiger partial charge < -0.3 is 18.3 Å². The van der Waals surface area contributed by atoms with Crippen molar-refractivity contribution < 1.29 is 8.78 Å². The van der Waals surface area contributed by atoms with Crippen LogP contribution in [0.3, 0.4) is 0 Å². The number of hydrogen-bond donors (Lipinski definition) is 0. The van der Waals surface area contributed by atoms with Crippen LogP contribution in [-0.4, -0.2) is 18.3 Å². The Morgan fingerprint density at radius 2 is 0.333 bits per heavy atom. The minimum Gasteiger partial charge on any atom is -0.305 e. The summed E-state index contributed by atoms with van der Waals surface area (Å²) >= 11 is 0. The lowest BCUT2D eigenvalue weighted by Crippen LogP contribution is -2.17. The fourth-order valence-electron chi connectivity index (χ4n) is 10.1. The summed E-state index contributed by atoms with van der Waals surface area (Å²) in [4.78, 5) is 0. The van der Waals surface area contributed by atoms with Crippen LogP contribution in [0, 0.1) is 11.6 Å². The predicted octanol–water partition coefficient (Wildman–Crippen LogP) is 14.4. The van der Waals surface area contributed by atoms with Crippen LogP contribution < -0.4 is 0 Å². The third-order valence-electron chi connectivity index (χ3n) is 12.5. The summed E-state index contributed by atoms with van der Waals surface area (Å²) in [6.45, 7) is 0. The van der Waals surface area contributed by atoms with Crippen LogP contribution >= 0.6 is 0 Å². The monoisotopic (exact) mass is 774 g/mol. The lowest BCUT2D eigenvalue weighted by atomic mass is 10.1. The Bertz CT molecular complexity index is 3210. The van der Waals surface area contributed by atoms with E-state index in [1.54, 1.807) is 0 Å². The highest BCUT2D eigenvalue weighted by molar-refractivity contribution is 6.14. The summed E-state index contributed by atoms with van der Waals surface area (Å²) in [6.07, 6.45) is 0. The maximum Gasteiger partial charge on any atom is 0.175 e. The highest BCUT2D eigenvalue weighted by Crippen LogP contribution is 2.47. The maximum atomic E-state index is 19.8. The molecule has 4 aromatic heterocycles. The van der Waals surface area contributed by atoms with Crippen molar-refractivity contribution in [1.82, 2.24) is 18.3 Å². The van der Waals surface area contributed by atoms with Gasteiger partial charge in [-0.05, 0) is 48.5 Å². The third-order valence-corrected chi connectivity index (χ3v) is 12.5. The molecule has 0 spiro atoms. The zero-order chi connectivity index (χ0) is 39.6. The van der Waals surface area contributed by atoms with Gasteiger partial charge in [-0.25, -0.2) is 8.78 Å². The van der Waals surface area contributed by atoms with E-state index in [2.05, 4.69) is 48.5 Å². The van der Waals surface area contributed by atoms with Gasteiger partial charge in [-0.1, -0.05) is 146 Å². The van der Waals surface area contributed by atoms with Crippen LogP contribution in [-0.2, 0) is 0 Å². The molecule has 4 nitrogen and oxygen atoms in total. The molecule has 60 heavy (non-hydrogen) atoms. The number of nitrogens with zero attached hydrogens (tertiary/aromatic N) is 4. The Hall–Kier alpha value is -7.96. The topological polar surface area (TPSA) is 19.7 Å². The number of para-hydroxylation sites is 8. The fraction of sp³-hybridized carbons (Fsp3) is 0. The molecule has 9 aromatic carbocycles. The Morgan fingerprint density at radius 3 is 0.483 bits per heavy atom. The zero-order valence-corrected chi connectivity index (χ0v) is 32.0. The molecule has 0 unspecified atom stereocenters. The van der Waals surface area contributed by atoms with Crippen molar-refractivity contribution in [1.29, 1.82) is 0 Å². The number of hydrogen-bond acceptors (Lipinski definition) is 0. The summed E-state index contributed by atoms with van der Waals surface area (Å²) in [5.74, 6) is -1.11. The Morgan fingerprint density at radius 1 is 0.200 bits per heavy atom. The molecule has 13 rings (SSSR count). The summed E-state index contributed by atoms with van der Waals surface area (Å²) in [6, 6.07) is 64.2. The van der Waals surface area contributed by atoms with Gasteiger partial charge in [0.2, 0.25) is 0 Å². The van der Waals surface area contributed by atoms with E-state index in [1.165, 1.54) is 0 Å². The van der Waals surface area contributed by atoms with Gasteiger partial charge in [0.15, 0.2) is 11.6 Å². The van der Waals surface area contributed by atoms with Gasteiger partial charge in [-0.3, -0.25) is 0 Å². The zero-order valence-electron chi connectivity index (χ0n) is 32.0. The first kappa shape index (κ1) is 33.1. The van der Waals surface area contributed by atoms with E-state index >= 15 is 8.78 Å². The first-order valence-corrected chi connectivity index (χ1v) is 20.2. The Kier molecular flexibility index (Phi) is 6.76. The highest BCUT2D eigenvalue weighted by atomic mass is 19.1. The van der Waals surface area contributed by atoms with Crippen LogP contribution in [0.2, 0.25) is 0 Å². The molecule has 0 amide bonds. The summed E-state index contributed by atoms with van der Waals surface area (Å²) in [5, 5.41) is 7.60. The van der Waals surface area contributed by atoms with E-state index in [9.17, 15) is 0 Å². The quantitative estimate of drug-likeness (QED) is 0.170. The molecule has 0 saturated carbocycles. The second kappa shape index (κ2) is 12.3. The molecule has 0 N–H and O–H groups in total. The van der Waals surface area contributed by atoms with Gasteiger partial charge in [-0.2, -0.15) is 0 Å². The van der Waals surface area contributed by atoms with Gasteiger partial charge in [0, 0.05) is 43.1 Å². The second-order valence-corrected chi connectivity index (χ2v) is 15.5. The molecule has 6 heteroatoms. The van der Waals surface area contributed by atoms with Crippen molar-refractivity contribution in [2.24, 2.45) is 0 Å². The highest BCUT2D eigenvalue weighted by Gasteiger charge is 2.34. The standard InChI is InChI=1S/C54H32F2N4/c55-49-51(57-41-25-9-1-17-33(41)34-18-2-10-26-42(34)57)52(58-43-27-11-3-19-35(43)36-20-4-12-28-44(36)58)50(56)54(60-47-31-15-7-23-39(47)40-24-8-16-32-48(40)60)53(49)59-45-29-13-5-21-37(45)38-22-6-14-30-46(38)59/h1-32H. The largest absolute Gasteiger partial charge is 0.305 e. The molecule has 13 aromatic rings. The van der Waals surface area contributed by atoms with Gasteiger partial charge in [0.25, 0.3) is 0 Å². The van der Waals surface area contributed by atoms with Crippen LogP contribution in [0.5, 0.6) is 0 Å². The van der Waals surface area contributed by atoms with Gasteiger partial charge in [0.05, 0.1) is 44.1 Å². The molecular formula is C54H32F2N4. The molecule has 0 fully saturated rings. The van der Waals surface area contributed by atoms with Crippen molar-refractivity contribution in [3.63, 3.8) is 0 Å². The van der Waals surface area contributed by atoms with Crippen molar-refractivity contribution in [2.75, 3.05) is 0 Å². The summed E-state index contributed by atoms with van der Waals surface area (Å²) in [7, 11) is 0. The summed E-state index contributed by atoms with van der Waals surface area (Å²) < 4.78 is 47.3. The Balaban J connectivity index is 1.35. The van der Waals surface area contributed by atoms with Gasteiger partial charge in [-0.15, -0.1) is 0 Å². The smallest absolute Gasteiger partial charge is 0.175 e. The first-order chi connectivity index (χ1) is 29.7. The van der Waals surface area contributed by atoms with Gasteiger partial charge in [0.1, 0.15) is 22.7 Å². The van der Waals surface area contributed by atoms with Gasteiger partial charge >= 0.3 is 0 Å². The fourth-order valence-corrected chi connectivity index (χ4v) is 10.1. The number of fused-ring (bicyclic) bond motifs is 12. The van der Waals surface area contributed by atoms with E-state index in [0.717, 1.165) is 87.2 Å². The SMILES string of the molecule is Fc1c(-n2c3ccccc3c3ccccc32)c(-n2c3ccccc3c3ccccc32)c(F)c(-n2c3ccccc3c3ccccc32)c1-n1c2ccccc2c2ccccc21. The number of halogens is 2. The van der Waals surface area contributed by atoms with Crippen LogP contribution in [0.15, 0.2) is 194 Å². The van der Waals surface area contributed by atoms with Crippen molar-refractivity contribution in [3.05, 3.63) is 206 Å². The van der Waals surface area contributed by atoms with E-state index in [0.29, 0.717) is 0 Å². The first-order valence-electron chi connectivity index (χ1n) is 20.2. The Labute approximate surface area is 341 Å². The molecule has 0 aliphatic carbocycles. The van der Waals surface area contributed by atoms with Crippen molar-refractivity contribution >= 4 is 87.2 Å². The van der Waals surface area contributed by atoms with Crippen molar-refractivity contribution in [3.8, 4) is 22.7 Å². The van der Waals surface area contributed by atoms with Crippen molar-refractivity contribution in [2.45, 2.75) is 0 Å². The van der Waals surface area contributed by atoms with E-state index in [4.69, 9.17) is 0 Å². The molecule has 4 heterocycles. The normalized spacial score (nSPS) is 12.2. The predicted molar refractivity (Wildman–Crippen MR) is 244 cm³/mol. The van der Waals surface area contributed by atoms with E-state index in [-0.39, 0.29) is 22.7 Å². The average Bonchev–Trinajstić information content (AvgIpc) is 4.02. The summed E-state index contributed by atoms with van der Waals surface area (Å²) in [5.41, 5.74) is 6.69. The molecule has 0 aliphatic heterocycles. The molecule has 0 aliphatic rings. The van der Waals surface area contributed by atoms with E-state index in [1.807, 2.05) is 164 Å². The number of aromatic nitrogens is 4. The van der Waals surface area contributed by atoms with Crippen LogP contribution in [0.4, 0.5) is 8.78 Å². The van der Waals surface area contributed by atoms with Crippen LogP contribution in [0.1, 0.15) is 0 Å². The molecule has 0 saturated heterocycles. The average molecular weight is 775 g/mol. The van der Waals surface area contributed by atoms with E-state index < -0.39 is 11.6 Å². The maximum absolute atomic E-state index is 19.8. The third kappa shape index (κ3) is 4.26. The number of rotatable bonds is 4. The minimum absolute atomic E-state index is 0.123. The molecule has 0 atom stereocenters. The minimum atomic E-state index is -0.553. The molecule has 0 bridgehead atoms. The lowest BCUT2D eigenvalue weighted by Gasteiger charge is -2.25. The number of benzene rings is 9. The molecule has 0 radical (unpaired) electrons. The lowest BCUT2D eigenvalue weighted by molar-refractivity contribution is 0.579. The molecular weight excluding hydrogens is 743 g/mol. The van der Waals surface area contributed by atoms with Crippen LogP contribution in [0.25, 0.3) is 110 Å².